The first kappa shape index (κ1) is 15.8. The summed E-state index contributed by atoms with van der Waals surface area (Å²) in [6, 6.07) is 5.87. The zero-order chi connectivity index (χ0) is 16.4. The van der Waals surface area contributed by atoms with Crippen LogP contribution in [0.1, 0.15) is 19.8 Å². The summed E-state index contributed by atoms with van der Waals surface area (Å²) in [5.74, 6) is 6.24. The van der Waals surface area contributed by atoms with E-state index in [1.54, 1.807) is 12.1 Å². The Morgan fingerprint density at radius 3 is 2.57 bits per heavy atom. The standard InChI is InChI=1S/C15H18FN5OS/c1-10(14(22)20-8-2-3-9-20)23-15-19-18-13(21(15)17)11-4-6-12(16)7-5-11/h4-7,10H,2-3,8-9,17H2,1H3/t10-/m1/s1. The van der Waals surface area contributed by atoms with Crippen molar-refractivity contribution in [2.45, 2.75) is 30.2 Å². The maximum atomic E-state index is 13.0. The Morgan fingerprint density at radius 2 is 1.91 bits per heavy atom. The molecule has 1 saturated heterocycles. The van der Waals surface area contributed by atoms with Crippen LogP contribution in [0.3, 0.4) is 0 Å². The predicted octanol–water partition coefficient (Wildman–Crippen LogP) is 1.90. The summed E-state index contributed by atoms with van der Waals surface area (Å²) in [6.45, 7) is 3.48. The number of amides is 1. The SMILES string of the molecule is C[C@@H](Sc1nnc(-c2ccc(F)cc2)n1N)C(=O)N1CCCC1. The normalized spacial score (nSPS) is 15.8. The number of nitrogen functional groups attached to an aromatic ring is 1. The largest absolute Gasteiger partial charge is 0.342 e. The highest BCUT2D eigenvalue weighted by Crippen LogP contribution is 2.26. The molecule has 1 aliphatic rings. The number of halogens is 1. The molecule has 0 bridgehead atoms. The summed E-state index contributed by atoms with van der Waals surface area (Å²) in [7, 11) is 0. The summed E-state index contributed by atoms with van der Waals surface area (Å²) >= 11 is 1.28. The van der Waals surface area contributed by atoms with Gasteiger partial charge < -0.3 is 10.7 Å². The van der Waals surface area contributed by atoms with Gasteiger partial charge in [-0.15, -0.1) is 10.2 Å². The zero-order valence-corrected chi connectivity index (χ0v) is 13.6. The average Bonchev–Trinajstić information content (AvgIpc) is 3.19. The van der Waals surface area contributed by atoms with E-state index in [0.29, 0.717) is 16.5 Å². The number of carbonyl (C=O) groups excluding carboxylic acids is 1. The third-order valence-corrected chi connectivity index (χ3v) is 4.86. The van der Waals surface area contributed by atoms with E-state index in [-0.39, 0.29) is 17.0 Å². The van der Waals surface area contributed by atoms with Crippen molar-refractivity contribution in [3.8, 4) is 11.4 Å². The second kappa shape index (κ2) is 6.57. The Bertz CT molecular complexity index is 696. The minimum absolute atomic E-state index is 0.0961. The molecule has 6 nitrogen and oxygen atoms in total. The van der Waals surface area contributed by atoms with Crippen molar-refractivity contribution in [2.75, 3.05) is 18.9 Å². The number of nitrogens with two attached hydrogens (primary N) is 1. The summed E-state index contributed by atoms with van der Waals surface area (Å²) in [6.07, 6.45) is 2.12. The minimum Gasteiger partial charge on any atom is -0.342 e. The van der Waals surface area contributed by atoms with Gasteiger partial charge in [0.25, 0.3) is 0 Å². The fraction of sp³-hybridized carbons (Fsp3) is 0.400. The van der Waals surface area contributed by atoms with Gasteiger partial charge >= 0.3 is 0 Å². The lowest BCUT2D eigenvalue weighted by molar-refractivity contribution is -0.129. The molecule has 1 aromatic carbocycles. The Hall–Kier alpha value is -2.09. The summed E-state index contributed by atoms with van der Waals surface area (Å²) < 4.78 is 14.3. The van der Waals surface area contributed by atoms with E-state index < -0.39 is 0 Å². The van der Waals surface area contributed by atoms with Crippen LogP contribution < -0.4 is 5.84 Å². The third-order valence-electron chi connectivity index (χ3n) is 3.81. The lowest BCUT2D eigenvalue weighted by Crippen LogP contribution is -2.34. The lowest BCUT2D eigenvalue weighted by Gasteiger charge is -2.19. The molecule has 1 aliphatic heterocycles. The average molecular weight is 335 g/mol. The van der Waals surface area contributed by atoms with Crippen LogP contribution in [0.4, 0.5) is 4.39 Å². The second-order valence-electron chi connectivity index (χ2n) is 5.48. The van der Waals surface area contributed by atoms with Crippen LogP contribution in [0.15, 0.2) is 29.4 Å². The maximum Gasteiger partial charge on any atom is 0.235 e. The fourth-order valence-electron chi connectivity index (χ4n) is 2.56. The van der Waals surface area contributed by atoms with Gasteiger partial charge in [0, 0.05) is 18.7 Å². The van der Waals surface area contributed by atoms with Gasteiger partial charge in [0.15, 0.2) is 5.82 Å². The van der Waals surface area contributed by atoms with Crippen LogP contribution in [0, 0.1) is 5.82 Å². The van der Waals surface area contributed by atoms with Crippen molar-refractivity contribution >= 4 is 17.7 Å². The molecule has 2 heterocycles. The number of likely N-dealkylation sites (tertiary alicyclic amines) is 1. The fourth-order valence-corrected chi connectivity index (χ4v) is 3.41. The van der Waals surface area contributed by atoms with E-state index in [1.807, 2.05) is 11.8 Å². The molecule has 3 rings (SSSR count). The monoisotopic (exact) mass is 335 g/mol. The van der Waals surface area contributed by atoms with E-state index in [0.717, 1.165) is 25.9 Å². The van der Waals surface area contributed by atoms with E-state index >= 15 is 0 Å². The first-order chi connectivity index (χ1) is 11.1. The molecular weight excluding hydrogens is 317 g/mol. The van der Waals surface area contributed by atoms with Crippen molar-refractivity contribution in [1.29, 1.82) is 0 Å². The Labute approximate surface area is 137 Å². The van der Waals surface area contributed by atoms with Gasteiger partial charge in [-0.1, -0.05) is 11.8 Å². The topological polar surface area (TPSA) is 77.0 Å². The van der Waals surface area contributed by atoms with Gasteiger partial charge in [0.05, 0.1) is 5.25 Å². The molecule has 1 aromatic heterocycles. The van der Waals surface area contributed by atoms with E-state index in [9.17, 15) is 9.18 Å². The molecule has 0 saturated carbocycles. The molecule has 2 N–H and O–H groups in total. The molecule has 0 aliphatic carbocycles. The van der Waals surface area contributed by atoms with Crippen LogP contribution in [0.25, 0.3) is 11.4 Å². The highest BCUT2D eigenvalue weighted by atomic mass is 32.2. The highest BCUT2D eigenvalue weighted by Gasteiger charge is 2.26. The molecule has 0 radical (unpaired) electrons. The summed E-state index contributed by atoms with van der Waals surface area (Å²) in [5, 5.41) is 8.28. The number of benzene rings is 1. The molecule has 0 unspecified atom stereocenters. The number of hydrogen-bond acceptors (Lipinski definition) is 5. The zero-order valence-electron chi connectivity index (χ0n) is 12.8. The van der Waals surface area contributed by atoms with Crippen LogP contribution in [-0.2, 0) is 4.79 Å². The van der Waals surface area contributed by atoms with Crippen molar-refractivity contribution in [2.24, 2.45) is 0 Å². The lowest BCUT2D eigenvalue weighted by atomic mass is 10.2. The van der Waals surface area contributed by atoms with Gasteiger partial charge in [0.2, 0.25) is 11.1 Å². The Morgan fingerprint density at radius 1 is 1.26 bits per heavy atom. The minimum atomic E-state index is -0.323. The number of nitrogens with zero attached hydrogens (tertiary/aromatic N) is 4. The van der Waals surface area contributed by atoms with Gasteiger partial charge in [-0.2, -0.15) is 0 Å². The molecule has 1 atom stereocenters. The van der Waals surface area contributed by atoms with Crippen molar-refractivity contribution in [3.63, 3.8) is 0 Å². The molecule has 0 spiro atoms. The Kier molecular flexibility index (Phi) is 4.51. The molecule has 1 fully saturated rings. The number of thioether (sulfide) groups is 1. The quantitative estimate of drug-likeness (QED) is 0.682. The maximum absolute atomic E-state index is 13.0. The first-order valence-electron chi connectivity index (χ1n) is 7.48. The van der Waals surface area contributed by atoms with E-state index in [1.165, 1.54) is 28.6 Å². The second-order valence-corrected chi connectivity index (χ2v) is 6.78. The van der Waals surface area contributed by atoms with Crippen LogP contribution >= 0.6 is 11.8 Å². The molecule has 122 valence electrons. The Balaban J connectivity index is 1.74. The number of carbonyl (C=O) groups is 1. The molecule has 8 heteroatoms. The van der Waals surface area contributed by atoms with Crippen molar-refractivity contribution in [1.82, 2.24) is 19.8 Å². The number of aromatic nitrogens is 3. The summed E-state index contributed by atoms with van der Waals surface area (Å²) in [4.78, 5) is 14.2. The first-order valence-corrected chi connectivity index (χ1v) is 8.36. The molecular formula is C15H18FN5OS. The number of hydrogen-bond donors (Lipinski definition) is 1. The van der Waals surface area contributed by atoms with Crippen molar-refractivity contribution in [3.05, 3.63) is 30.1 Å². The van der Waals surface area contributed by atoms with Crippen LogP contribution in [-0.4, -0.2) is 44.0 Å². The van der Waals surface area contributed by atoms with Gasteiger partial charge in [-0.05, 0) is 44.0 Å². The smallest absolute Gasteiger partial charge is 0.235 e. The predicted molar refractivity (Wildman–Crippen MR) is 86.7 cm³/mol. The molecule has 23 heavy (non-hydrogen) atoms. The molecule has 1 amide bonds. The van der Waals surface area contributed by atoms with Gasteiger partial charge in [-0.3, -0.25) is 4.79 Å². The van der Waals surface area contributed by atoms with Gasteiger partial charge in [-0.25, -0.2) is 9.07 Å². The van der Waals surface area contributed by atoms with Crippen LogP contribution in [0.2, 0.25) is 0 Å². The molecule has 2 aromatic rings. The van der Waals surface area contributed by atoms with E-state index in [2.05, 4.69) is 10.2 Å². The highest BCUT2D eigenvalue weighted by molar-refractivity contribution is 8.00. The van der Waals surface area contributed by atoms with Crippen LogP contribution in [0.5, 0.6) is 0 Å². The van der Waals surface area contributed by atoms with E-state index in [4.69, 9.17) is 5.84 Å². The van der Waals surface area contributed by atoms with Crippen molar-refractivity contribution < 1.29 is 9.18 Å². The summed E-state index contributed by atoms with van der Waals surface area (Å²) in [5.41, 5.74) is 0.673. The van der Waals surface area contributed by atoms with Gasteiger partial charge in [0.1, 0.15) is 5.82 Å². The third kappa shape index (κ3) is 3.31. The number of rotatable bonds is 4.